The Morgan fingerprint density at radius 2 is 1.80 bits per heavy atom. The fourth-order valence-electron chi connectivity index (χ4n) is 2.36. The van der Waals surface area contributed by atoms with Gasteiger partial charge in [-0.25, -0.2) is 9.36 Å². The van der Waals surface area contributed by atoms with Crippen LogP contribution in [-0.4, -0.2) is 20.9 Å². The van der Waals surface area contributed by atoms with Crippen LogP contribution in [0.25, 0.3) is 5.69 Å². The number of nitrogens with one attached hydrogen (secondary N) is 1. The van der Waals surface area contributed by atoms with Crippen LogP contribution in [0.1, 0.15) is 11.1 Å². The molecule has 0 unspecified atom stereocenters. The first-order valence-corrected chi connectivity index (χ1v) is 8.20. The minimum absolute atomic E-state index is 0.0919. The fraction of sp³-hybridized carbons (Fsp3) is 0.0556. The van der Waals surface area contributed by atoms with Crippen LogP contribution in [0.2, 0.25) is 0 Å². The Hall–Kier alpha value is -2.93. The normalized spacial score (nSPS) is 11.1. The third-order valence-corrected chi connectivity index (χ3v) is 4.18. The molecule has 2 N–H and O–H groups in total. The molecule has 6 nitrogen and oxygen atoms in total. The molecular weight excluding hydrogens is 386 g/mol. The van der Waals surface area contributed by atoms with Crippen LogP contribution < -0.4 is 11.2 Å². The Kier molecular flexibility index (Phi) is 4.67. The van der Waals surface area contributed by atoms with Crippen molar-refractivity contribution in [2.75, 3.05) is 0 Å². The summed E-state index contributed by atoms with van der Waals surface area (Å²) in [4.78, 5) is 30.6. The van der Waals surface area contributed by atoms with E-state index in [0.717, 1.165) is 14.6 Å². The first-order chi connectivity index (χ1) is 12.0. The Morgan fingerprint density at radius 3 is 2.48 bits per heavy atom. The molecule has 0 atom stereocenters. The van der Waals surface area contributed by atoms with E-state index in [1.807, 2.05) is 31.2 Å². The number of aromatic hydroxyl groups is 1. The minimum atomic E-state index is -0.711. The second-order valence-corrected chi connectivity index (χ2v) is 6.27. The molecule has 0 amide bonds. The second-order valence-electron chi connectivity index (χ2n) is 5.35. The predicted molar refractivity (Wildman–Crippen MR) is 100 cm³/mol. The Labute approximate surface area is 151 Å². The zero-order valence-electron chi connectivity index (χ0n) is 13.2. The number of aryl methyl sites for hydroxylation is 1. The average Bonchev–Trinajstić information content (AvgIpc) is 2.57. The van der Waals surface area contributed by atoms with Gasteiger partial charge in [0.2, 0.25) is 5.88 Å². The maximum absolute atomic E-state index is 12.2. The molecule has 2 aromatic carbocycles. The number of benzene rings is 2. The van der Waals surface area contributed by atoms with Crippen molar-refractivity contribution in [2.45, 2.75) is 6.92 Å². The number of rotatable bonds is 3. The van der Waals surface area contributed by atoms with Crippen molar-refractivity contribution in [3.05, 3.63) is 85.0 Å². The molecule has 7 heteroatoms. The first-order valence-electron chi connectivity index (χ1n) is 7.41. The molecule has 3 rings (SSSR count). The molecule has 0 bridgehead atoms. The number of aromatic nitrogens is 2. The minimum Gasteiger partial charge on any atom is -0.493 e. The molecule has 3 aromatic rings. The van der Waals surface area contributed by atoms with Gasteiger partial charge in [-0.2, -0.15) is 0 Å². The van der Waals surface area contributed by atoms with Crippen LogP contribution in [-0.2, 0) is 0 Å². The van der Waals surface area contributed by atoms with Crippen LogP contribution in [0.3, 0.4) is 0 Å². The zero-order valence-corrected chi connectivity index (χ0v) is 14.8. The highest BCUT2D eigenvalue weighted by Gasteiger charge is 2.15. The number of aromatic amines is 1. The Balaban J connectivity index is 2.14. The number of aliphatic imine (C=N–C) groups is 1. The van der Waals surface area contributed by atoms with Crippen molar-refractivity contribution in [1.29, 1.82) is 0 Å². The van der Waals surface area contributed by atoms with Crippen LogP contribution in [0.4, 0.5) is 5.69 Å². The molecule has 126 valence electrons. The lowest BCUT2D eigenvalue weighted by atomic mass is 10.2. The smallest absolute Gasteiger partial charge is 0.335 e. The van der Waals surface area contributed by atoms with Crippen molar-refractivity contribution in [2.24, 2.45) is 4.99 Å². The number of hydrogen-bond donors (Lipinski definition) is 2. The summed E-state index contributed by atoms with van der Waals surface area (Å²) < 4.78 is 1.96. The van der Waals surface area contributed by atoms with E-state index in [1.54, 1.807) is 24.3 Å². The molecule has 25 heavy (non-hydrogen) atoms. The molecule has 1 heterocycles. The Morgan fingerprint density at radius 1 is 1.12 bits per heavy atom. The van der Waals surface area contributed by atoms with E-state index in [1.165, 1.54) is 6.21 Å². The number of hydrogen-bond acceptors (Lipinski definition) is 4. The molecule has 0 spiro atoms. The van der Waals surface area contributed by atoms with Crippen molar-refractivity contribution >= 4 is 27.8 Å². The van der Waals surface area contributed by atoms with Crippen LogP contribution >= 0.6 is 15.9 Å². The van der Waals surface area contributed by atoms with Gasteiger partial charge < -0.3 is 5.11 Å². The SMILES string of the molecule is Cc1ccccc1-n1c(O)c(C=Nc2ccc(Br)cc2)c(=O)[nH]c1=O. The largest absolute Gasteiger partial charge is 0.493 e. The van der Waals surface area contributed by atoms with E-state index in [4.69, 9.17) is 0 Å². The van der Waals surface area contributed by atoms with Gasteiger partial charge in [0, 0.05) is 10.7 Å². The van der Waals surface area contributed by atoms with Gasteiger partial charge in [0.25, 0.3) is 5.56 Å². The van der Waals surface area contributed by atoms with Crippen molar-refractivity contribution < 1.29 is 5.11 Å². The van der Waals surface area contributed by atoms with E-state index in [2.05, 4.69) is 25.9 Å². The van der Waals surface area contributed by atoms with Crippen LogP contribution in [0, 0.1) is 6.92 Å². The summed E-state index contributed by atoms with van der Waals surface area (Å²) in [5.74, 6) is -0.455. The maximum atomic E-state index is 12.2. The summed E-state index contributed by atoms with van der Waals surface area (Å²) in [6.45, 7) is 1.81. The van der Waals surface area contributed by atoms with E-state index in [0.29, 0.717) is 11.4 Å². The molecule has 0 saturated heterocycles. The third kappa shape index (κ3) is 3.46. The van der Waals surface area contributed by atoms with E-state index < -0.39 is 17.1 Å². The van der Waals surface area contributed by atoms with Crippen molar-refractivity contribution in [1.82, 2.24) is 9.55 Å². The van der Waals surface area contributed by atoms with E-state index in [9.17, 15) is 14.7 Å². The van der Waals surface area contributed by atoms with Gasteiger partial charge in [0.1, 0.15) is 5.56 Å². The maximum Gasteiger partial charge on any atom is 0.335 e. The van der Waals surface area contributed by atoms with Crippen molar-refractivity contribution in [3.8, 4) is 11.6 Å². The highest BCUT2D eigenvalue weighted by atomic mass is 79.9. The van der Waals surface area contributed by atoms with Gasteiger partial charge >= 0.3 is 5.69 Å². The standard InChI is InChI=1S/C18H14BrN3O3/c1-11-4-2-3-5-15(11)22-17(24)14(16(23)21-18(22)25)10-20-13-8-6-12(19)7-9-13/h2-10,24H,1H3,(H,21,23,25). The molecule has 0 aliphatic heterocycles. The topological polar surface area (TPSA) is 87.4 Å². The molecular formula is C18H14BrN3O3. The quantitative estimate of drug-likeness (QED) is 0.663. The summed E-state index contributed by atoms with van der Waals surface area (Å²) in [7, 11) is 0. The molecule has 1 aromatic heterocycles. The van der Waals surface area contributed by atoms with E-state index >= 15 is 0 Å². The molecule has 0 radical (unpaired) electrons. The molecule has 0 aliphatic rings. The van der Waals surface area contributed by atoms with Gasteiger partial charge in [0.15, 0.2) is 0 Å². The zero-order chi connectivity index (χ0) is 18.0. The predicted octanol–water partition coefficient (Wildman–Crippen LogP) is 3.05. The summed E-state index contributed by atoms with van der Waals surface area (Å²) >= 11 is 3.33. The number of nitrogens with zero attached hydrogens (tertiary/aromatic N) is 2. The van der Waals surface area contributed by atoms with Gasteiger partial charge in [0.05, 0.1) is 11.4 Å². The van der Waals surface area contributed by atoms with Gasteiger partial charge in [-0.3, -0.25) is 14.8 Å². The van der Waals surface area contributed by atoms with Gasteiger partial charge in [-0.1, -0.05) is 34.1 Å². The highest BCUT2D eigenvalue weighted by Crippen LogP contribution is 2.20. The number of halogens is 1. The molecule has 0 aliphatic carbocycles. The summed E-state index contributed by atoms with van der Waals surface area (Å²) in [5, 5.41) is 10.5. The summed E-state index contributed by atoms with van der Waals surface area (Å²) in [6.07, 6.45) is 1.24. The monoisotopic (exact) mass is 399 g/mol. The summed E-state index contributed by atoms with van der Waals surface area (Å²) in [5.41, 5.74) is 0.370. The fourth-order valence-corrected chi connectivity index (χ4v) is 2.62. The average molecular weight is 400 g/mol. The molecule has 0 saturated carbocycles. The third-order valence-electron chi connectivity index (χ3n) is 3.65. The van der Waals surface area contributed by atoms with Gasteiger partial charge in [-0.05, 0) is 42.8 Å². The highest BCUT2D eigenvalue weighted by molar-refractivity contribution is 9.10. The van der Waals surface area contributed by atoms with Crippen LogP contribution in [0.15, 0.2) is 67.6 Å². The van der Waals surface area contributed by atoms with Gasteiger partial charge in [-0.15, -0.1) is 0 Å². The number of para-hydroxylation sites is 1. The first kappa shape index (κ1) is 16.9. The summed E-state index contributed by atoms with van der Waals surface area (Å²) in [6, 6.07) is 14.2. The second kappa shape index (κ2) is 6.90. The lowest BCUT2D eigenvalue weighted by Crippen LogP contribution is -2.31. The lowest BCUT2D eigenvalue weighted by Gasteiger charge is -2.11. The lowest BCUT2D eigenvalue weighted by molar-refractivity contribution is 0.430. The Bertz CT molecular complexity index is 1070. The van der Waals surface area contributed by atoms with E-state index in [-0.39, 0.29) is 5.56 Å². The van der Waals surface area contributed by atoms with Crippen LogP contribution in [0.5, 0.6) is 5.88 Å². The molecule has 0 fully saturated rings. The van der Waals surface area contributed by atoms with Crippen molar-refractivity contribution in [3.63, 3.8) is 0 Å². The number of H-pyrrole nitrogens is 1.